The van der Waals surface area contributed by atoms with Crippen LogP contribution in [0.3, 0.4) is 0 Å². The third kappa shape index (κ3) is 7.66. The molecule has 0 unspecified atom stereocenters. The maximum Gasteiger partial charge on any atom is 0.148 e. The van der Waals surface area contributed by atoms with Gasteiger partial charge >= 0.3 is 0 Å². The summed E-state index contributed by atoms with van der Waals surface area (Å²) in [7, 11) is 0. The predicted molar refractivity (Wildman–Crippen MR) is 145 cm³/mol. The minimum Gasteiger partial charge on any atom is -0.494 e. The molecule has 4 rings (SSSR count). The molecular weight excluding hydrogens is 436 g/mol. The number of aryl methyl sites for hydroxylation is 1. The fraction of sp³-hybridized carbons (Fsp3) is 0.533. The molecule has 3 aromatic rings. The molecule has 0 saturated heterocycles. The number of rotatable bonds is 14. The van der Waals surface area contributed by atoms with Crippen LogP contribution in [-0.2, 0) is 6.42 Å². The average molecular weight is 477 g/mol. The normalized spacial score (nSPS) is 14.0. The zero-order chi connectivity index (χ0) is 23.4. The Bertz CT molecular complexity index is 958. The fourth-order valence-electron chi connectivity index (χ4n) is 4.92. The van der Waals surface area contributed by atoms with Crippen molar-refractivity contribution >= 4 is 11.3 Å². The van der Waals surface area contributed by atoms with E-state index in [-0.39, 0.29) is 0 Å². The van der Waals surface area contributed by atoms with Crippen molar-refractivity contribution in [1.82, 2.24) is 10.2 Å². The Labute approximate surface area is 210 Å². The summed E-state index contributed by atoms with van der Waals surface area (Å²) in [4.78, 5) is 0. The highest BCUT2D eigenvalue weighted by Crippen LogP contribution is 2.31. The van der Waals surface area contributed by atoms with Gasteiger partial charge in [-0.15, -0.1) is 10.2 Å². The molecule has 0 amide bonds. The molecule has 0 atom stereocenters. The lowest BCUT2D eigenvalue weighted by Crippen LogP contribution is -1.98. The number of unbranched alkanes of at least 4 members (excludes halogenated alkanes) is 5. The molecule has 3 nitrogen and oxygen atoms in total. The van der Waals surface area contributed by atoms with Gasteiger partial charge in [0.15, 0.2) is 0 Å². The van der Waals surface area contributed by atoms with Crippen LogP contribution in [0.15, 0.2) is 48.5 Å². The molecule has 1 saturated carbocycles. The van der Waals surface area contributed by atoms with E-state index >= 15 is 0 Å². The van der Waals surface area contributed by atoms with E-state index in [1.54, 1.807) is 11.3 Å². The highest BCUT2D eigenvalue weighted by atomic mass is 32.1. The van der Waals surface area contributed by atoms with E-state index in [2.05, 4.69) is 65.7 Å². The van der Waals surface area contributed by atoms with Crippen molar-refractivity contribution in [2.45, 2.75) is 90.4 Å². The second-order valence-electron chi connectivity index (χ2n) is 9.79. The molecule has 34 heavy (non-hydrogen) atoms. The summed E-state index contributed by atoms with van der Waals surface area (Å²) in [5, 5.41) is 10.8. The zero-order valence-corrected chi connectivity index (χ0v) is 21.6. The van der Waals surface area contributed by atoms with Crippen molar-refractivity contribution in [3.8, 4) is 26.9 Å². The topological polar surface area (TPSA) is 35.0 Å². The molecule has 0 N–H and O–H groups in total. The first-order chi connectivity index (χ1) is 16.8. The number of aromatic nitrogens is 2. The Morgan fingerprint density at radius 3 is 2.09 bits per heavy atom. The van der Waals surface area contributed by atoms with E-state index in [1.807, 2.05) is 0 Å². The van der Waals surface area contributed by atoms with E-state index in [0.717, 1.165) is 52.3 Å². The number of hydrogen-bond donors (Lipinski definition) is 0. The van der Waals surface area contributed by atoms with Gasteiger partial charge in [0.2, 0.25) is 0 Å². The van der Waals surface area contributed by atoms with Gasteiger partial charge in [0.1, 0.15) is 15.8 Å². The molecule has 4 heteroatoms. The fourth-order valence-corrected chi connectivity index (χ4v) is 5.78. The maximum atomic E-state index is 5.96. The smallest absolute Gasteiger partial charge is 0.148 e. The van der Waals surface area contributed by atoms with Crippen molar-refractivity contribution in [2.75, 3.05) is 6.61 Å². The van der Waals surface area contributed by atoms with Gasteiger partial charge < -0.3 is 4.74 Å². The van der Waals surface area contributed by atoms with Crippen molar-refractivity contribution in [3.63, 3.8) is 0 Å². The van der Waals surface area contributed by atoms with Crippen LogP contribution < -0.4 is 4.74 Å². The van der Waals surface area contributed by atoms with Crippen LogP contribution in [0.5, 0.6) is 5.75 Å². The summed E-state index contributed by atoms with van der Waals surface area (Å²) in [5.41, 5.74) is 3.66. The highest BCUT2D eigenvalue weighted by Gasteiger charge is 2.14. The third-order valence-electron chi connectivity index (χ3n) is 7.05. The molecule has 1 fully saturated rings. The van der Waals surface area contributed by atoms with Gasteiger partial charge in [-0.25, -0.2) is 0 Å². The van der Waals surface area contributed by atoms with E-state index in [4.69, 9.17) is 4.74 Å². The summed E-state index contributed by atoms with van der Waals surface area (Å²) in [6, 6.07) is 17.2. The van der Waals surface area contributed by atoms with Crippen LogP contribution >= 0.6 is 11.3 Å². The minimum atomic E-state index is 0.807. The van der Waals surface area contributed by atoms with Crippen LogP contribution in [0.2, 0.25) is 0 Å². The van der Waals surface area contributed by atoms with Gasteiger partial charge in [-0.05, 0) is 55.0 Å². The molecule has 1 aromatic heterocycles. The Kier molecular flexibility index (Phi) is 9.98. The molecular formula is C30H40N2OS. The summed E-state index contributed by atoms with van der Waals surface area (Å²) in [6.45, 7) is 3.06. The first-order valence-electron chi connectivity index (χ1n) is 13.5. The Hall–Kier alpha value is -2.20. The summed E-state index contributed by atoms with van der Waals surface area (Å²) >= 11 is 1.65. The lowest BCUT2D eigenvalue weighted by Gasteiger charge is -2.09. The van der Waals surface area contributed by atoms with Gasteiger partial charge in [0.25, 0.3) is 0 Å². The van der Waals surface area contributed by atoms with E-state index in [0.29, 0.717) is 0 Å². The van der Waals surface area contributed by atoms with Gasteiger partial charge in [-0.1, -0.05) is 107 Å². The van der Waals surface area contributed by atoms with Crippen molar-refractivity contribution in [3.05, 3.63) is 54.1 Å². The highest BCUT2D eigenvalue weighted by molar-refractivity contribution is 7.17. The molecule has 1 aliphatic carbocycles. The monoisotopic (exact) mass is 476 g/mol. The second kappa shape index (κ2) is 13.6. The van der Waals surface area contributed by atoms with E-state index < -0.39 is 0 Å². The summed E-state index contributed by atoms with van der Waals surface area (Å²) in [5.74, 6) is 1.95. The van der Waals surface area contributed by atoms with Crippen LogP contribution in [0.1, 0.15) is 89.5 Å². The molecule has 0 radical (unpaired) electrons. The van der Waals surface area contributed by atoms with Crippen LogP contribution in [0.25, 0.3) is 21.1 Å². The van der Waals surface area contributed by atoms with Crippen LogP contribution in [-0.4, -0.2) is 16.8 Å². The predicted octanol–water partition coefficient (Wildman–Crippen LogP) is 9.12. The molecule has 182 valence electrons. The average Bonchev–Trinajstić information content (AvgIpc) is 3.58. The second-order valence-corrected chi connectivity index (χ2v) is 10.8. The lowest BCUT2D eigenvalue weighted by atomic mass is 10.0. The Balaban J connectivity index is 1.21. The SMILES string of the molecule is CCCCCCc1ccc(-c2nnc(-c3ccc(OCCCCCC4CCCC4)cc3)s2)cc1. The van der Waals surface area contributed by atoms with Gasteiger partial charge in [0, 0.05) is 11.1 Å². The van der Waals surface area contributed by atoms with Crippen molar-refractivity contribution < 1.29 is 4.74 Å². The quantitative estimate of drug-likeness (QED) is 0.218. The number of benzene rings is 2. The van der Waals surface area contributed by atoms with Gasteiger partial charge in [0.05, 0.1) is 6.61 Å². The van der Waals surface area contributed by atoms with Gasteiger partial charge in [-0.3, -0.25) is 0 Å². The van der Waals surface area contributed by atoms with Crippen LogP contribution in [0.4, 0.5) is 0 Å². The molecule has 1 heterocycles. The summed E-state index contributed by atoms with van der Waals surface area (Å²) < 4.78 is 5.96. The largest absolute Gasteiger partial charge is 0.494 e. The van der Waals surface area contributed by atoms with E-state index in [9.17, 15) is 0 Å². The number of nitrogens with zero attached hydrogens (tertiary/aromatic N) is 2. The zero-order valence-electron chi connectivity index (χ0n) is 20.8. The Morgan fingerprint density at radius 1 is 0.765 bits per heavy atom. The van der Waals surface area contributed by atoms with E-state index in [1.165, 1.54) is 76.2 Å². The van der Waals surface area contributed by atoms with Gasteiger partial charge in [-0.2, -0.15) is 0 Å². The first-order valence-corrected chi connectivity index (χ1v) is 14.3. The van der Waals surface area contributed by atoms with Crippen LogP contribution in [0, 0.1) is 5.92 Å². The molecule has 0 spiro atoms. The molecule has 0 bridgehead atoms. The number of ether oxygens (including phenoxy) is 1. The maximum absolute atomic E-state index is 5.96. The molecule has 2 aromatic carbocycles. The molecule has 1 aliphatic rings. The standard InChI is InChI=1S/C30H40N2OS/c1-2-3-4-6-12-25-15-17-26(18-16-25)29-31-32-30(34-29)27-19-21-28(22-20-27)33-23-10-5-7-11-24-13-8-9-14-24/h15-22,24H,2-14,23H2,1H3. The number of hydrogen-bond acceptors (Lipinski definition) is 4. The van der Waals surface area contributed by atoms with Crippen molar-refractivity contribution in [2.24, 2.45) is 5.92 Å². The third-order valence-corrected chi connectivity index (χ3v) is 8.07. The Morgan fingerprint density at radius 2 is 1.41 bits per heavy atom. The molecule has 0 aliphatic heterocycles. The van der Waals surface area contributed by atoms with Crippen molar-refractivity contribution in [1.29, 1.82) is 0 Å². The lowest BCUT2D eigenvalue weighted by molar-refractivity contribution is 0.302. The summed E-state index contributed by atoms with van der Waals surface area (Å²) in [6.07, 6.45) is 17.4. The first kappa shape index (κ1) is 24.9. The minimum absolute atomic E-state index is 0.807.